The van der Waals surface area contributed by atoms with Gasteiger partial charge >= 0.3 is 17.6 Å². The fourth-order valence-electron chi connectivity index (χ4n) is 1.62. The number of hydrogen-bond donors (Lipinski definition) is 3. The van der Waals surface area contributed by atoms with E-state index in [9.17, 15) is 19.2 Å². The van der Waals surface area contributed by atoms with Crippen molar-refractivity contribution in [1.82, 2.24) is 14.9 Å². The van der Waals surface area contributed by atoms with Crippen LogP contribution < -0.4 is 11.0 Å². The molecule has 0 aliphatic heterocycles. The van der Waals surface area contributed by atoms with Gasteiger partial charge in [0.25, 0.3) is 0 Å². The minimum atomic E-state index is -1.26. The molecule has 0 spiro atoms. The fraction of sp³-hybridized carbons (Fsp3) is 0.417. The number of aliphatic carboxylic acids is 2. The third-order valence-electron chi connectivity index (χ3n) is 2.61. The lowest BCUT2D eigenvalue weighted by atomic mass is 10.1. The van der Waals surface area contributed by atoms with Crippen LogP contribution in [0.2, 0.25) is 0 Å². The highest BCUT2D eigenvalue weighted by molar-refractivity contribution is 5.83. The molecule has 0 saturated carbocycles. The van der Waals surface area contributed by atoms with E-state index < -0.39 is 29.6 Å². The van der Waals surface area contributed by atoms with Crippen LogP contribution in [0.25, 0.3) is 0 Å². The zero-order chi connectivity index (χ0) is 15.8. The van der Waals surface area contributed by atoms with Gasteiger partial charge < -0.3 is 15.5 Å². The summed E-state index contributed by atoms with van der Waals surface area (Å²) < 4.78 is 1.03. The number of carboxylic acids is 2. The number of aromatic nitrogens is 2. The number of carbonyl (C=O) groups is 3. The van der Waals surface area contributed by atoms with Crippen molar-refractivity contribution < 1.29 is 24.6 Å². The van der Waals surface area contributed by atoms with Gasteiger partial charge in [0.2, 0.25) is 5.91 Å². The largest absolute Gasteiger partial charge is 0.481 e. The van der Waals surface area contributed by atoms with Crippen molar-refractivity contribution in [1.29, 1.82) is 0 Å². The minimum Gasteiger partial charge on any atom is -0.481 e. The molecule has 1 amide bonds. The van der Waals surface area contributed by atoms with Crippen LogP contribution in [0.3, 0.4) is 0 Å². The van der Waals surface area contributed by atoms with E-state index in [4.69, 9.17) is 10.2 Å². The maximum Gasteiger partial charge on any atom is 0.347 e. The predicted octanol–water partition coefficient (Wildman–Crippen LogP) is -0.932. The fourth-order valence-corrected chi connectivity index (χ4v) is 1.62. The first-order chi connectivity index (χ1) is 9.90. The summed E-state index contributed by atoms with van der Waals surface area (Å²) in [6.07, 6.45) is 2.58. The number of carboxylic acid groups (broad SMARTS) is 2. The van der Waals surface area contributed by atoms with E-state index in [2.05, 4.69) is 10.3 Å². The van der Waals surface area contributed by atoms with Crippen molar-refractivity contribution in [3.63, 3.8) is 0 Å². The highest BCUT2D eigenvalue weighted by Crippen LogP contribution is 2.02. The van der Waals surface area contributed by atoms with Gasteiger partial charge in [0.15, 0.2) is 0 Å². The Labute approximate surface area is 119 Å². The van der Waals surface area contributed by atoms with Gasteiger partial charge in [-0.15, -0.1) is 0 Å². The number of carbonyl (C=O) groups excluding carboxylic acids is 1. The third kappa shape index (κ3) is 5.85. The maximum absolute atomic E-state index is 11.7. The summed E-state index contributed by atoms with van der Waals surface area (Å²) >= 11 is 0. The quantitative estimate of drug-likeness (QED) is 0.563. The van der Waals surface area contributed by atoms with E-state index >= 15 is 0 Å². The van der Waals surface area contributed by atoms with E-state index in [-0.39, 0.29) is 25.8 Å². The Bertz CT molecular complexity index is 582. The summed E-state index contributed by atoms with van der Waals surface area (Å²) in [6, 6.07) is 0.278. The molecular formula is C12H15N3O6. The van der Waals surface area contributed by atoms with E-state index in [1.807, 2.05) is 0 Å². The van der Waals surface area contributed by atoms with Crippen molar-refractivity contribution in [3.05, 3.63) is 28.9 Å². The molecule has 9 heteroatoms. The Morgan fingerprint density at radius 2 is 2.05 bits per heavy atom. The molecule has 0 aromatic carbocycles. The molecule has 21 heavy (non-hydrogen) atoms. The van der Waals surface area contributed by atoms with Gasteiger partial charge in [-0.3, -0.25) is 14.2 Å². The molecule has 0 unspecified atom stereocenters. The van der Waals surface area contributed by atoms with Crippen LogP contribution >= 0.6 is 0 Å². The SMILES string of the molecule is O=C(O)CCC[C@@H](NC(=O)Cn1cccnc1=O)C(=O)O. The Morgan fingerprint density at radius 3 is 2.62 bits per heavy atom. The average Bonchev–Trinajstić information content (AvgIpc) is 2.39. The monoisotopic (exact) mass is 297 g/mol. The molecule has 0 saturated heterocycles. The zero-order valence-corrected chi connectivity index (χ0v) is 11.1. The molecule has 1 aromatic rings. The molecule has 0 aliphatic carbocycles. The van der Waals surface area contributed by atoms with Crippen LogP contribution in [0.4, 0.5) is 0 Å². The molecular weight excluding hydrogens is 282 g/mol. The highest BCUT2D eigenvalue weighted by Gasteiger charge is 2.20. The van der Waals surface area contributed by atoms with Gasteiger partial charge in [-0.1, -0.05) is 0 Å². The van der Waals surface area contributed by atoms with Crippen molar-refractivity contribution in [2.24, 2.45) is 0 Å². The van der Waals surface area contributed by atoms with Crippen LogP contribution in [0.1, 0.15) is 19.3 Å². The summed E-state index contributed by atoms with van der Waals surface area (Å²) in [7, 11) is 0. The summed E-state index contributed by atoms with van der Waals surface area (Å²) in [6.45, 7) is -0.352. The second-order valence-electron chi connectivity index (χ2n) is 4.27. The smallest absolute Gasteiger partial charge is 0.347 e. The summed E-state index contributed by atoms with van der Waals surface area (Å²) in [5, 5.41) is 19.7. The Kier molecular flexibility index (Phi) is 6.05. The average molecular weight is 297 g/mol. The first-order valence-corrected chi connectivity index (χ1v) is 6.15. The molecule has 0 radical (unpaired) electrons. The van der Waals surface area contributed by atoms with Crippen molar-refractivity contribution in [3.8, 4) is 0 Å². The number of amides is 1. The first kappa shape index (κ1) is 16.3. The molecule has 3 N–H and O–H groups in total. The molecule has 1 rings (SSSR count). The minimum absolute atomic E-state index is 0.00465. The Hall–Kier alpha value is -2.71. The summed E-state index contributed by atoms with van der Waals surface area (Å²) in [5.74, 6) is -2.95. The standard InChI is InChI=1S/C12H15N3O6/c16-9(7-15-6-2-5-13-12(15)21)14-8(11(19)20)3-1-4-10(17)18/h2,5-6,8H,1,3-4,7H2,(H,14,16)(H,17,18)(H,19,20)/t8-/m1/s1. The second kappa shape index (κ2) is 7.78. The van der Waals surface area contributed by atoms with E-state index in [1.165, 1.54) is 18.5 Å². The summed E-state index contributed by atoms with van der Waals surface area (Å²) in [5.41, 5.74) is -0.620. The van der Waals surface area contributed by atoms with Gasteiger partial charge in [-0.05, 0) is 18.9 Å². The van der Waals surface area contributed by atoms with Gasteiger partial charge in [0, 0.05) is 18.8 Å². The van der Waals surface area contributed by atoms with Crippen LogP contribution in [0.15, 0.2) is 23.3 Å². The molecule has 9 nitrogen and oxygen atoms in total. The maximum atomic E-state index is 11.7. The Balaban J connectivity index is 2.56. The lowest BCUT2D eigenvalue weighted by Gasteiger charge is -2.14. The highest BCUT2D eigenvalue weighted by atomic mass is 16.4. The number of nitrogens with zero attached hydrogens (tertiary/aromatic N) is 2. The molecule has 114 valence electrons. The molecule has 0 bridgehead atoms. The van der Waals surface area contributed by atoms with Crippen LogP contribution in [0, 0.1) is 0 Å². The van der Waals surface area contributed by atoms with Crippen molar-refractivity contribution >= 4 is 17.8 Å². The molecule has 0 aliphatic rings. The van der Waals surface area contributed by atoms with Crippen molar-refractivity contribution in [2.75, 3.05) is 0 Å². The third-order valence-corrected chi connectivity index (χ3v) is 2.61. The van der Waals surface area contributed by atoms with E-state index in [0.717, 1.165) is 4.57 Å². The topological polar surface area (TPSA) is 139 Å². The van der Waals surface area contributed by atoms with Crippen LogP contribution in [-0.2, 0) is 20.9 Å². The lowest BCUT2D eigenvalue weighted by molar-refractivity contribution is -0.142. The Morgan fingerprint density at radius 1 is 1.33 bits per heavy atom. The number of hydrogen-bond acceptors (Lipinski definition) is 5. The van der Waals surface area contributed by atoms with Gasteiger partial charge in [0.1, 0.15) is 12.6 Å². The number of nitrogens with one attached hydrogen (secondary N) is 1. The van der Waals surface area contributed by atoms with Crippen molar-refractivity contribution in [2.45, 2.75) is 31.8 Å². The normalized spacial score (nSPS) is 11.6. The number of rotatable bonds is 8. The molecule has 0 fully saturated rings. The van der Waals surface area contributed by atoms with Gasteiger partial charge in [-0.25, -0.2) is 14.6 Å². The van der Waals surface area contributed by atoms with Crippen LogP contribution in [-0.4, -0.2) is 43.7 Å². The first-order valence-electron chi connectivity index (χ1n) is 6.15. The second-order valence-corrected chi connectivity index (χ2v) is 4.27. The molecule has 1 atom stereocenters. The van der Waals surface area contributed by atoms with Crippen LogP contribution in [0.5, 0.6) is 0 Å². The predicted molar refractivity (Wildman–Crippen MR) is 69.6 cm³/mol. The molecule has 1 heterocycles. The van der Waals surface area contributed by atoms with Gasteiger partial charge in [0.05, 0.1) is 0 Å². The van der Waals surface area contributed by atoms with Gasteiger partial charge in [-0.2, -0.15) is 0 Å². The lowest BCUT2D eigenvalue weighted by Crippen LogP contribution is -2.43. The zero-order valence-electron chi connectivity index (χ0n) is 11.1. The summed E-state index contributed by atoms with van der Waals surface area (Å²) in [4.78, 5) is 47.8. The van der Waals surface area contributed by atoms with E-state index in [1.54, 1.807) is 0 Å². The van der Waals surface area contributed by atoms with E-state index in [0.29, 0.717) is 0 Å². The molecule has 1 aromatic heterocycles.